The molecule has 0 bridgehead atoms. The minimum Gasteiger partial charge on any atom is -0.496 e. The van der Waals surface area contributed by atoms with Gasteiger partial charge in [0.15, 0.2) is 0 Å². The Morgan fingerprint density at radius 3 is 2.83 bits per heavy atom. The molecule has 2 heterocycles. The quantitative estimate of drug-likeness (QED) is 0.868. The van der Waals surface area contributed by atoms with Gasteiger partial charge in [0.2, 0.25) is 0 Å². The smallest absolute Gasteiger partial charge is 0.256 e. The van der Waals surface area contributed by atoms with Crippen molar-refractivity contribution in [3.05, 3.63) is 53.3 Å². The highest BCUT2D eigenvalue weighted by Crippen LogP contribution is 2.38. The molecule has 0 aliphatic carbocycles. The first kappa shape index (κ1) is 16.4. The predicted molar refractivity (Wildman–Crippen MR) is 91.9 cm³/mol. The summed E-state index contributed by atoms with van der Waals surface area (Å²) in [7, 11) is 1.67. The second kappa shape index (κ2) is 6.99. The van der Waals surface area contributed by atoms with Crippen molar-refractivity contribution >= 4 is 5.91 Å². The van der Waals surface area contributed by atoms with Crippen LogP contribution in [0, 0.1) is 12.8 Å². The van der Waals surface area contributed by atoms with E-state index in [-0.39, 0.29) is 11.9 Å². The predicted octanol–water partition coefficient (Wildman–Crippen LogP) is 3.41. The number of aryl methyl sites for hydroxylation is 1. The van der Waals surface area contributed by atoms with Crippen LogP contribution in [0.5, 0.6) is 5.75 Å². The highest BCUT2D eigenvalue weighted by atomic mass is 16.5. The van der Waals surface area contributed by atoms with Gasteiger partial charge in [-0.25, -0.2) is 0 Å². The van der Waals surface area contributed by atoms with Crippen LogP contribution in [-0.2, 0) is 0 Å². The van der Waals surface area contributed by atoms with Crippen molar-refractivity contribution in [3.63, 3.8) is 0 Å². The normalized spacial score (nSPS) is 20.7. The van der Waals surface area contributed by atoms with Crippen molar-refractivity contribution in [2.75, 3.05) is 13.7 Å². The van der Waals surface area contributed by atoms with Gasteiger partial charge in [0.1, 0.15) is 5.75 Å². The Labute approximate surface area is 142 Å². The number of carbonyl (C=O) groups is 1. The lowest BCUT2D eigenvalue weighted by Crippen LogP contribution is -2.41. The number of hydrogen-bond acceptors (Lipinski definition) is 4. The molecule has 0 radical (unpaired) electrons. The molecule has 1 aromatic heterocycles. The third-order valence-electron chi connectivity index (χ3n) is 4.60. The number of amides is 1. The van der Waals surface area contributed by atoms with Gasteiger partial charge in [-0.3, -0.25) is 4.79 Å². The van der Waals surface area contributed by atoms with E-state index in [1.54, 1.807) is 19.4 Å². The summed E-state index contributed by atoms with van der Waals surface area (Å²) in [6.07, 6.45) is 3.58. The van der Waals surface area contributed by atoms with Crippen LogP contribution in [0.4, 0.5) is 0 Å². The summed E-state index contributed by atoms with van der Waals surface area (Å²) in [5, 5.41) is 7.87. The largest absolute Gasteiger partial charge is 0.496 e. The van der Waals surface area contributed by atoms with Gasteiger partial charge in [-0.05, 0) is 37.8 Å². The Balaban J connectivity index is 1.97. The van der Waals surface area contributed by atoms with Gasteiger partial charge in [0, 0.05) is 12.1 Å². The van der Waals surface area contributed by atoms with Gasteiger partial charge in [0.05, 0.1) is 30.6 Å². The summed E-state index contributed by atoms with van der Waals surface area (Å²) in [6.45, 7) is 4.78. The van der Waals surface area contributed by atoms with Crippen molar-refractivity contribution in [1.29, 1.82) is 0 Å². The zero-order valence-electron chi connectivity index (χ0n) is 14.4. The number of ether oxygens (including phenoxy) is 1. The topological polar surface area (TPSA) is 55.3 Å². The fourth-order valence-electron chi connectivity index (χ4n) is 3.40. The first-order chi connectivity index (χ1) is 11.6. The summed E-state index contributed by atoms with van der Waals surface area (Å²) in [4.78, 5) is 15.1. The molecule has 3 rings (SSSR count). The minimum absolute atomic E-state index is 0.00968. The Hall–Kier alpha value is -2.43. The molecular formula is C19H23N3O2. The number of likely N-dealkylation sites (tertiary alicyclic amines) is 1. The summed E-state index contributed by atoms with van der Waals surface area (Å²) >= 11 is 0. The zero-order valence-corrected chi connectivity index (χ0v) is 14.4. The lowest BCUT2D eigenvalue weighted by molar-refractivity contribution is 0.0540. The van der Waals surface area contributed by atoms with Gasteiger partial charge in [-0.2, -0.15) is 10.2 Å². The van der Waals surface area contributed by atoms with Crippen LogP contribution in [0.25, 0.3) is 0 Å². The molecule has 126 valence electrons. The SMILES string of the molecule is COc1ccccc1C1CCC(C)CN1C(=O)c1cnnc(C)c1. The maximum Gasteiger partial charge on any atom is 0.256 e. The number of aromatic nitrogens is 2. The molecule has 1 amide bonds. The lowest BCUT2D eigenvalue weighted by atomic mass is 9.89. The molecule has 1 fully saturated rings. The first-order valence-corrected chi connectivity index (χ1v) is 8.33. The van der Waals surface area contributed by atoms with Gasteiger partial charge >= 0.3 is 0 Å². The summed E-state index contributed by atoms with van der Waals surface area (Å²) in [6, 6.07) is 9.78. The summed E-state index contributed by atoms with van der Waals surface area (Å²) < 4.78 is 5.52. The molecule has 2 unspecified atom stereocenters. The van der Waals surface area contributed by atoms with E-state index in [2.05, 4.69) is 23.2 Å². The van der Waals surface area contributed by atoms with E-state index in [0.29, 0.717) is 11.5 Å². The maximum atomic E-state index is 13.1. The number of benzene rings is 1. The summed E-state index contributed by atoms with van der Waals surface area (Å²) in [5.74, 6) is 1.32. The minimum atomic E-state index is 0.00968. The van der Waals surface area contributed by atoms with Crippen LogP contribution in [-0.4, -0.2) is 34.7 Å². The number of para-hydroxylation sites is 1. The molecule has 1 aliphatic rings. The number of rotatable bonds is 3. The molecule has 2 atom stereocenters. The van der Waals surface area contributed by atoms with Gasteiger partial charge in [-0.1, -0.05) is 25.1 Å². The standard InChI is InChI=1S/C19H23N3O2/c1-13-8-9-17(16-6-4-5-7-18(16)24-3)22(12-13)19(23)15-10-14(2)21-20-11-15/h4-7,10-11,13,17H,8-9,12H2,1-3H3. The molecular weight excluding hydrogens is 302 g/mol. The Bertz CT molecular complexity index is 732. The summed E-state index contributed by atoms with van der Waals surface area (Å²) in [5.41, 5.74) is 2.41. The van der Waals surface area contributed by atoms with Crippen LogP contribution in [0.1, 0.15) is 47.4 Å². The van der Waals surface area contributed by atoms with E-state index in [9.17, 15) is 4.79 Å². The number of methoxy groups -OCH3 is 1. The van der Waals surface area contributed by atoms with Crippen molar-refractivity contribution in [1.82, 2.24) is 15.1 Å². The Morgan fingerprint density at radius 2 is 2.08 bits per heavy atom. The van der Waals surface area contributed by atoms with Crippen LogP contribution >= 0.6 is 0 Å². The number of nitrogens with zero attached hydrogens (tertiary/aromatic N) is 3. The van der Waals surface area contributed by atoms with Crippen LogP contribution in [0.3, 0.4) is 0 Å². The average molecular weight is 325 g/mol. The van der Waals surface area contributed by atoms with E-state index >= 15 is 0 Å². The number of hydrogen-bond donors (Lipinski definition) is 0. The maximum absolute atomic E-state index is 13.1. The second-order valence-corrected chi connectivity index (χ2v) is 6.48. The van der Waals surface area contributed by atoms with Gasteiger partial charge in [-0.15, -0.1) is 0 Å². The molecule has 0 N–H and O–H groups in total. The van der Waals surface area contributed by atoms with Crippen molar-refractivity contribution in [3.8, 4) is 5.75 Å². The van der Waals surface area contributed by atoms with Gasteiger partial charge in [0.25, 0.3) is 5.91 Å². The Kier molecular flexibility index (Phi) is 4.79. The van der Waals surface area contributed by atoms with E-state index < -0.39 is 0 Å². The fourth-order valence-corrected chi connectivity index (χ4v) is 3.40. The second-order valence-electron chi connectivity index (χ2n) is 6.48. The molecule has 2 aromatic rings. The van der Waals surface area contributed by atoms with Crippen molar-refractivity contribution in [2.45, 2.75) is 32.7 Å². The molecule has 1 aliphatic heterocycles. The molecule has 5 heteroatoms. The van der Waals surface area contributed by atoms with Crippen molar-refractivity contribution in [2.24, 2.45) is 5.92 Å². The highest BCUT2D eigenvalue weighted by molar-refractivity contribution is 5.94. The van der Waals surface area contributed by atoms with Gasteiger partial charge < -0.3 is 9.64 Å². The van der Waals surface area contributed by atoms with Crippen LogP contribution in [0.2, 0.25) is 0 Å². The van der Waals surface area contributed by atoms with Crippen molar-refractivity contribution < 1.29 is 9.53 Å². The molecule has 1 aromatic carbocycles. The molecule has 1 saturated heterocycles. The highest BCUT2D eigenvalue weighted by Gasteiger charge is 2.33. The first-order valence-electron chi connectivity index (χ1n) is 8.33. The molecule has 5 nitrogen and oxygen atoms in total. The fraction of sp³-hybridized carbons (Fsp3) is 0.421. The molecule has 0 saturated carbocycles. The average Bonchev–Trinajstić information content (AvgIpc) is 2.61. The zero-order chi connectivity index (χ0) is 17.1. The monoisotopic (exact) mass is 325 g/mol. The third-order valence-corrected chi connectivity index (χ3v) is 4.60. The third kappa shape index (κ3) is 3.25. The number of carbonyl (C=O) groups excluding carboxylic acids is 1. The van der Waals surface area contributed by atoms with E-state index in [0.717, 1.165) is 36.4 Å². The molecule has 0 spiro atoms. The number of piperidine rings is 1. The lowest BCUT2D eigenvalue weighted by Gasteiger charge is -2.39. The Morgan fingerprint density at radius 1 is 1.29 bits per heavy atom. The van der Waals surface area contributed by atoms with E-state index in [1.807, 2.05) is 30.0 Å². The van der Waals surface area contributed by atoms with E-state index in [1.165, 1.54) is 0 Å². The van der Waals surface area contributed by atoms with E-state index in [4.69, 9.17) is 4.74 Å². The van der Waals surface area contributed by atoms with Crippen LogP contribution < -0.4 is 4.74 Å². The van der Waals surface area contributed by atoms with Crippen LogP contribution in [0.15, 0.2) is 36.5 Å². The molecule has 24 heavy (non-hydrogen) atoms.